The summed E-state index contributed by atoms with van der Waals surface area (Å²) in [6.45, 7) is 3.14. The van der Waals surface area contributed by atoms with Gasteiger partial charge in [0.2, 0.25) is 5.91 Å². The molecule has 4 heterocycles. The molecule has 2 bridgehead atoms. The van der Waals surface area contributed by atoms with E-state index in [0.29, 0.717) is 0 Å². The molecule has 8 unspecified atom stereocenters. The van der Waals surface area contributed by atoms with Gasteiger partial charge in [0.15, 0.2) is 12.1 Å². The number of carbonyl (C=O) groups is 2. The first-order valence-corrected chi connectivity index (χ1v) is 23.7. The van der Waals surface area contributed by atoms with Crippen LogP contribution in [0.25, 0.3) is 0 Å². The van der Waals surface area contributed by atoms with Crippen molar-refractivity contribution in [3.8, 4) is 0 Å². The zero-order valence-electron chi connectivity index (χ0n) is 39.3. The monoisotopic (exact) mass is 981 g/mol. The van der Waals surface area contributed by atoms with E-state index >= 15 is 0 Å². The van der Waals surface area contributed by atoms with Crippen molar-refractivity contribution in [1.29, 1.82) is 0 Å². The molecule has 0 aromatic heterocycles. The van der Waals surface area contributed by atoms with E-state index < -0.39 is 147 Å². The SMILES string of the molecule is C[C@H]1C[C@H](O)[C@@H](C)/C=C/C=C/C=C/C=C/C=C/C=C/C=C/C(O[C@@H]2OC[C@@H](O)[C@H](N)[C@@H]2O)C[C@@H]2OC(O)(CC(O)CC(O)C(O)CCC(O)CC(O)CC(=O)O1)C[C@H](O)[C@H]2C(=O)N[C@H]1COCC1O. The highest BCUT2D eigenvalue weighted by molar-refractivity contribution is 5.80. The van der Waals surface area contributed by atoms with E-state index in [2.05, 4.69) is 5.32 Å². The van der Waals surface area contributed by atoms with E-state index in [0.717, 1.165) is 0 Å². The summed E-state index contributed by atoms with van der Waals surface area (Å²) in [6, 6.07) is -1.95. The average Bonchev–Trinajstić information content (AvgIpc) is 3.67. The van der Waals surface area contributed by atoms with E-state index in [1.54, 1.807) is 73.8 Å². The van der Waals surface area contributed by atoms with Gasteiger partial charge in [0.1, 0.15) is 12.2 Å². The van der Waals surface area contributed by atoms with Gasteiger partial charge in [-0.2, -0.15) is 0 Å². The lowest BCUT2D eigenvalue weighted by atomic mass is 9.82. The van der Waals surface area contributed by atoms with Crippen LogP contribution in [0.1, 0.15) is 71.6 Å². The fraction of sp³-hybridized carbons (Fsp3) is 0.673. The second-order valence-electron chi connectivity index (χ2n) is 18.6. The topological polar surface area (TPSA) is 341 Å². The Hall–Kier alpha value is -3.52. The zero-order chi connectivity index (χ0) is 50.7. The highest BCUT2D eigenvalue weighted by Crippen LogP contribution is 2.38. The van der Waals surface area contributed by atoms with Crippen LogP contribution in [0.2, 0.25) is 0 Å². The third-order valence-corrected chi connectivity index (χ3v) is 12.4. The van der Waals surface area contributed by atoms with Crippen LogP contribution in [0.5, 0.6) is 0 Å². The van der Waals surface area contributed by atoms with Crippen molar-refractivity contribution < 1.29 is 89.4 Å². The van der Waals surface area contributed by atoms with Crippen LogP contribution in [-0.4, -0.2) is 191 Å². The van der Waals surface area contributed by atoms with E-state index in [1.807, 2.05) is 25.2 Å². The molecule has 1 amide bonds. The maximum absolute atomic E-state index is 13.9. The van der Waals surface area contributed by atoms with Gasteiger partial charge in [0.25, 0.3) is 0 Å². The van der Waals surface area contributed by atoms with E-state index in [4.69, 9.17) is 29.4 Å². The summed E-state index contributed by atoms with van der Waals surface area (Å²) >= 11 is 0. The molecule has 19 atom stereocenters. The number of cyclic esters (lactones) is 1. The summed E-state index contributed by atoms with van der Waals surface area (Å²) in [4.78, 5) is 26.4. The summed E-state index contributed by atoms with van der Waals surface area (Å²) in [5.41, 5.74) is 6.01. The van der Waals surface area contributed by atoms with Gasteiger partial charge in [-0.25, -0.2) is 0 Å². The van der Waals surface area contributed by atoms with Crippen molar-refractivity contribution >= 4 is 11.9 Å². The van der Waals surface area contributed by atoms with Gasteiger partial charge in [0.05, 0.1) is 111 Å². The molecule has 4 aliphatic heterocycles. The third kappa shape index (κ3) is 19.9. The molecular weight excluding hydrogens is 905 g/mol. The van der Waals surface area contributed by atoms with Crippen molar-refractivity contribution in [1.82, 2.24) is 5.32 Å². The van der Waals surface area contributed by atoms with Crippen molar-refractivity contribution in [2.24, 2.45) is 17.6 Å². The van der Waals surface area contributed by atoms with Crippen molar-refractivity contribution in [2.45, 2.75) is 175 Å². The molecule has 69 heavy (non-hydrogen) atoms. The number of allylic oxidation sites excluding steroid dienone is 12. The molecule has 0 radical (unpaired) electrons. The molecule has 0 spiro atoms. The van der Waals surface area contributed by atoms with Gasteiger partial charge in [0, 0.05) is 38.0 Å². The van der Waals surface area contributed by atoms with Crippen molar-refractivity contribution in [3.05, 3.63) is 85.1 Å². The highest BCUT2D eigenvalue weighted by Gasteiger charge is 2.51. The maximum Gasteiger partial charge on any atom is 0.308 e. The Kier molecular flexibility index (Phi) is 24.5. The molecule has 4 aliphatic rings. The van der Waals surface area contributed by atoms with Crippen LogP contribution in [0.15, 0.2) is 85.1 Å². The minimum Gasteiger partial charge on any atom is -0.462 e. The molecule has 0 aliphatic carbocycles. The number of nitrogens with two attached hydrogens (primary N) is 1. The molecule has 20 heteroatoms. The number of hydrogen-bond donors (Lipinski definition) is 13. The summed E-state index contributed by atoms with van der Waals surface area (Å²) in [6.07, 6.45) is 3.98. The number of esters is 1. The Bertz CT molecular complexity index is 1770. The number of carbonyl (C=O) groups excluding carboxylic acids is 2. The van der Waals surface area contributed by atoms with Crippen LogP contribution in [0.4, 0.5) is 0 Å². The number of ether oxygens (including phenoxy) is 5. The molecule has 3 saturated heterocycles. The second-order valence-corrected chi connectivity index (χ2v) is 18.6. The number of nitrogens with one attached hydrogen (secondary N) is 1. The standard InChI is InChI=1S/C49H76N2O18/c1-29-15-13-11-9-7-5-3-4-6-8-10-12-14-16-34(68-48-46(62)45(50)41(60)28-66-48)23-42-44(47(63)51-35-26-65-27-40(35)59)39(58)25-49(64,69-42)24-33(54)21-38(57)36(55)18-17-31(52)20-32(53)22-43(61)67-30(2)19-37(29)56/h3-16,29-42,44-46,48,52-60,62,64H,17-28,50H2,1-2H3,(H,51,63)/b4-3+,7-5+,8-6+,11-9+,12-10+,15-13+,16-14+/t29-,30-,31?,32?,33?,34?,35-,36?,37-,38?,39-,40?,41+,42-,44+,45-,46-,48-,49?/m0/s1. The molecule has 3 fully saturated rings. The Morgan fingerprint density at radius 2 is 1.29 bits per heavy atom. The smallest absolute Gasteiger partial charge is 0.308 e. The molecule has 390 valence electrons. The summed E-state index contributed by atoms with van der Waals surface area (Å²) in [5, 5.41) is 122. The highest BCUT2D eigenvalue weighted by atomic mass is 16.7. The zero-order valence-corrected chi connectivity index (χ0v) is 39.3. The number of rotatable bonds is 4. The fourth-order valence-electron chi connectivity index (χ4n) is 8.47. The van der Waals surface area contributed by atoms with Gasteiger partial charge in [-0.05, 0) is 26.2 Å². The number of aliphatic hydroxyl groups excluding tert-OH is 10. The van der Waals surface area contributed by atoms with Crippen molar-refractivity contribution in [2.75, 3.05) is 19.8 Å². The van der Waals surface area contributed by atoms with Gasteiger partial charge in [-0.1, -0.05) is 92.0 Å². The minimum absolute atomic E-state index is 0.00526. The molecule has 4 rings (SSSR count). The quantitative estimate of drug-likeness (QED) is 0.148. The Labute approximate surface area is 403 Å². The predicted octanol–water partition coefficient (Wildman–Crippen LogP) is -1.13. The normalized spacial score (nSPS) is 44.6. The maximum atomic E-state index is 13.9. The molecular formula is C49H76N2O18. The van der Waals surface area contributed by atoms with Gasteiger partial charge in [-0.15, -0.1) is 0 Å². The summed E-state index contributed by atoms with van der Waals surface area (Å²) < 4.78 is 28.5. The lowest BCUT2D eigenvalue weighted by Crippen LogP contribution is -2.60. The van der Waals surface area contributed by atoms with Crippen LogP contribution in [0, 0.1) is 11.8 Å². The van der Waals surface area contributed by atoms with E-state index in [9.17, 15) is 65.8 Å². The van der Waals surface area contributed by atoms with Gasteiger partial charge < -0.3 is 90.9 Å². The molecule has 0 aromatic rings. The summed E-state index contributed by atoms with van der Waals surface area (Å²) in [5.74, 6) is -5.45. The second kappa shape index (κ2) is 29.1. The van der Waals surface area contributed by atoms with Gasteiger partial charge in [-0.3, -0.25) is 9.59 Å². The predicted molar refractivity (Wildman–Crippen MR) is 249 cm³/mol. The lowest BCUT2D eigenvalue weighted by molar-refractivity contribution is -0.304. The largest absolute Gasteiger partial charge is 0.462 e. The lowest BCUT2D eigenvalue weighted by Gasteiger charge is -2.46. The van der Waals surface area contributed by atoms with Crippen LogP contribution in [-0.2, 0) is 33.3 Å². The number of fused-ring (bicyclic) bond motifs is 2. The van der Waals surface area contributed by atoms with Gasteiger partial charge >= 0.3 is 5.97 Å². The first-order valence-electron chi connectivity index (χ1n) is 23.7. The fourth-order valence-corrected chi connectivity index (χ4v) is 8.47. The van der Waals surface area contributed by atoms with Crippen LogP contribution >= 0.6 is 0 Å². The first-order chi connectivity index (χ1) is 32.7. The molecule has 0 aromatic carbocycles. The first kappa shape index (κ1) is 58.1. The van der Waals surface area contributed by atoms with Crippen LogP contribution in [0.3, 0.4) is 0 Å². The average molecular weight is 981 g/mol. The van der Waals surface area contributed by atoms with E-state index in [-0.39, 0.29) is 57.8 Å². The Balaban J connectivity index is 1.58. The third-order valence-electron chi connectivity index (χ3n) is 12.4. The van der Waals surface area contributed by atoms with E-state index in [1.165, 1.54) is 0 Å². The van der Waals surface area contributed by atoms with Crippen molar-refractivity contribution in [3.63, 3.8) is 0 Å². The minimum atomic E-state index is -2.32. The molecule has 20 nitrogen and oxygen atoms in total. The number of aliphatic hydroxyl groups is 11. The summed E-state index contributed by atoms with van der Waals surface area (Å²) in [7, 11) is 0. The van der Waals surface area contributed by atoms with Crippen LogP contribution < -0.4 is 11.1 Å². The number of hydrogen-bond acceptors (Lipinski definition) is 19. The Morgan fingerprint density at radius 3 is 1.91 bits per heavy atom. The Morgan fingerprint density at radius 1 is 0.667 bits per heavy atom. The molecule has 0 saturated carbocycles. The molecule has 14 N–H and O–H groups in total. The number of amides is 1.